The third kappa shape index (κ3) is 3.18. The molecule has 4 heteroatoms. The Kier molecular flexibility index (Phi) is 4.39. The van der Waals surface area contributed by atoms with E-state index >= 15 is 0 Å². The van der Waals surface area contributed by atoms with Crippen LogP contribution in [0.4, 0.5) is 5.69 Å². The Hall–Kier alpha value is -1.22. The first-order valence-electron chi connectivity index (χ1n) is 7.15. The van der Waals surface area contributed by atoms with E-state index in [9.17, 15) is 0 Å². The Morgan fingerprint density at radius 3 is 2.10 bits per heavy atom. The summed E-state index contributed by atoms with van der Waals surface area (Å²) in [6.45, 7) is 4.14. The van der Waals surface area contributed by atoms with E-state index in [1.807, 2.05) is 24.3 Å². The van der Waals surface area contributed by atoms with Crippen molar-refractivity contribution in [3.05, 3.63) is 64.1 Å². The fourth-order valence-electron chi connectivity index (χ4n) is 2.94. The van der Waals surface area contributed by atoms with E-state index in [0.717, 1.165) is 23.1 Å². The first-order chi connectivity index (χ1) is 10.1. The topological polar surface area (TPSA) is 15.3 Å². The van der Waals surface area contributed by atoms with E-state index < -0.39 is 0 Å². The minimum absolute atomic E-state index is 0.298. The molecule has 3 rings (SSSR count). The second-order valence-corrected chi connectivity index (χ2v) is 6.33. The number of hydrogen-bond donors (Lipinski definition) is 1. The van der Waals surface area contributed by atoms with E-state index in [0.29, 0.717) is 12.1 Å². The molecule has 110 valence electrons. The normalized spacial score (nSPS) is 22.3. The molecule has 2 aromatic rings. The van der Waals surface area contributed by atoms with Gasteiger partial charge in [0.15, 0.2) is 0 Å². The molecular weight excluding hydrogens is 303 g/mol. The van der Waals surface area contributed by atoms with Crippen LogP contribution in [0.3, 0.4) is 0 Å². The summed E-state index contributed by atoms with van der Waals surface area (Å²) in [5, 5.41) is 5.05. The standard InChI is InChI=1S/C17H18Cl2N2/c1-12-10-20-11-17(13-2-4-14(18)5-3-13)21(12)16-8-6-15(19)7-9-16/h2-9,12,17,20H,10-11H2,1H3/t12-,17+/m1/s1. The number of piperazine rings is 1. The summed E-state index contributed by atoms with van der Waals surface area (Å²) in [6.07, 6.45) is 0. The average Bonchev–Trinajstić information content (AvgIpc) is 2.49. The van der Waals surface area contributed by atoms with Crippen LogP contribution in [0, 0.1) is 0 Å². The SMILES string of the molecule is C[C@@H]1CNC[C@@H](c2ccc(Cl)cc2)N1c1ccc(Cl)cc1. The molecule has 2 aromatic carbocycles. The van der Waals surface area contributed by atoms with Gasteiger partial charge in [0.1, 0.15) is 0 Å². The van der Waals surface area contributed by atoms with Crippen molar-refractivity contribution in [3.63, 3.8) is 0 Å². The first-order valence-corrected chi connectivity index (χ1v) is 7.91. The lowest BCUT2D eigenvalue weighted by atomic mass is 9.99. The fraction of sp³-hybridized carbons (Fsp3) is 0.294. The predicted molar refractivity (Wildman–Crippen MR) is 90.5 cm³/mol. The molecule has 2 atom stereocenters. The molecule has 0 amide bonds. The highest BCUT2D eigenvalue weighted by molar-refractivity contribution is 6.30. The highest BCUT2D eigenvalue weighted by Gasteiger charge is 2.28. The minimum atomic E-state index is 0.298. The molecule has 1 aliphatic heterocycles. The molecule has 1 N–H and O–H groups in total. The number of anilines is 1. The van der Waals surface area contributed by atoms with Gasteiger partial charge in [-0.05, 0) is 48.9 Å². The molecule has 0 unspecified atom stereocenters. The van der Waals surface area contributed by atoms with Gasteiger partial charge in [-0.2, -0.15) is 0 Å². The molecule has 1 aliphatic rings. The van der Waals surface area contributed by atoms with Gasteiger partial charge in [0.25, 0.3) is 0 Å². The van der Waals surface area contributed by atoms with E-state index in [-0.39, 0.29) is 0 Å². The summed E-state index contributed by atoms with van der Waals surface area (Å²) < 4.78 is 0. The fourth-order valence-corrected chi connectivity index (χ4v) is 3.20. The number of nitrogens with zero attached hydrogens (tertiary/aromatic N) is 1. The summed E-state index contributed by atoms with van der Waals surface area (Å²) in [5.41, 5.74) is 2.47. The number of halogens is 2. The van der Waals surface area contributed by atoms with Crippen molar-refractivity contribution >= 4 is 28.9 Å². The molecule has 0 aliphatic carbocycles. The molecule has 0 saturated carbocycles. The lowest BCUT2D eigenvalue weighted by Crippen LogP contribution is -2.51. The largest absolute Gasteiger partial charge is 0.359 e. The van der Waals surface area contributed by atoms with Crippen LogP contribution >= 0.6 is 23.2 Å². The van der Waals surface area contributed by atoms with Crippen molar-refractivity contribution in [2.45, 2.75) is 19.0 Å². The number of rotatable bonds is 2. The Morgan fingerprint density at radius 1 is 0.905 bits per heavy atom. The van der Waals surface area contributed by atoms with Gasteiger partial charge in [-0.3, -0.25) is 0 Å². The van der Waals surface area contributed by atoms with Crippen LogP contribution in [0.15, 0.2) is 48.5 Å². The monoisotopic (exact) mass is 320 g/mol. The van der Waals surface area contributed by atoms with Crippen molar-refractivity contribution in [1.29, 1.82) is 0 Å². The molecule has 0 radical (unpaired) electrons. The molecule has 0 bridgehead atoms. The third-order valence-electron chi connectivity index (χ3n) is 3.97. The molecule has 2 nitrogen and oxygen atoms in total. The summed E-state index contributed by atoms with van der Waals surface area (Å²) in [4.78, 5) is 2.45. The van der Waals surface area contributed by atoms with Crippen LogP contribution in [-0.4, -0.2) is 19.1 Å². The van der Waals surface area contributed by atoms with Crippen LogP contribution in [0.2, 0.25) is 10.0 Å². The van der Waals surface area contributed by atoms with Crippen LogP contribution in [0.1, 0.15) is 18.5 Å². The summed E-state index contributed by atoms with van der Waals surface area (Å²) in [5.74, 6) is 0. The Bertz CT molecular complexity index is 595. The van der Waals surface area contributed by atoms with Crippen molar-refractivity contribution in [2.75, 3.05) is 18.0 Å². The zero-order valence-electron chi connectivity index (χ0n) is 11.9. The maximum absolute atomic E-state index is 6.01. The van der Waals surface area contributed by atoms with E-state index in [2.05, 4.69) is 41.4 Å². The van der Waals surface area contributed by atoms with Crippen molar-refractivity contribution < 1.29 is 0 Å². The molecule has 0 aromatic heterocycles. The van der Waals surface area contributed by atoms with Crippen LogP contribution in [0.5, 0.6) is 0 Å². The predicted octanol–water partition coefficient (Wildman–Crippen LogP) is 4.53. The quantitative estimate of drug-likeness (QED) is 0.874. The van der Waals surface area contributed by atoms with Crippen molar-refractivity contribution in [1.82, 2.24) is 5.32 Å². The number of benzene rings is 2. The van der Waals surface area contributed by atoms with Crippen LogP contribution < -0.4 is 10.2 Å². The van der Waals surface area contributed by atoms with E-state index in [1.165, 1.54) is 11.3 Å². The smallest absolute Gasteiger partial charge is 0.0670 e. The van der Waals surface area contributed by atoms with Gasteiger partial charge in [-0.25, -0.2) is 0 Å². The first kappa shape index (κ1) is 14.7. The second-order valence-electron chi connectivity index (χ2n) is 5.46. The highest BCUT2D eigenvalue weighted by Crippen LogP contribution is 2.32. The van der Waals surface area contributed by atoms with Gasteiger partial charge in [-0.15, -0.1) is 0 Å². The maximum atomic E-state index is 6.01. The number of nitrogens with one attached hydrogen (secondary N) is 1. The lowest BCUT2D eigenvalue weighted by Gasteiger charge is -2.43. The van der Waals surface area contributed by atoms with E-state index in [1.54, 1.807) is 0 Å². The van der Waals surface area contributed by atoms with Crippen molar-refractivity contribution in [3.8, 4) is 0 Å². The van der Waals surface area contributed by atoms with Crippen LogP contribution in [-0.2, 0) is 0 Å². The van der Waals surface area contributed by atoms with E-state index in [4.69, 9.17) is 23.2 Å². The van der Waals surface area contributed by atoms with Gasteiger partial charge in [0.05, 0.1) is 6.04 Å². The highest BCUT2D eigenvalue weighted by atomic mass is 35.5. The Labute approximate surface area is 135 Å². The molecule has 1 heterocycles. The summed E-state index contributed by atoms with van der Waals surface area (Å²) in [7, 11) is 0. The maximum Gasteiger partial charge on any atom is 0.0670 e. The summed E-state index contributed by atoms with van der Waals surface area (Å²) >= 11 is 12.0. The van der Waals surface area contributed by atoms with Crippen molar-refractivity contribution in [2.24, 2.45) is 0 Å². The third-order valence-corrected chi connectivity index (χ3v) is 4.47. The zero-order valence-corrected chi connectivity index (χ0v) is 13.4. The molecule has 1 fully saturated rings. The molecular formula is C17H18Cl2N2. The van der Waals surface area contributed by atoms with Gasteiger partial charge in [-0.1, -0.05) is 35.3 Å². The Morgan fingerprint density at radius 2 is 1.48 bits per heavy atom. The van der Waals surface area contributed by atoms with Gasteiger partial charge in [0.2, 0.25) is 0 Å². The summed E-state index contributed by atoms with van der Waals surface area (Å²) in [6, 6.07) is 16.9. The van der Waals surface area contributed by atoms with Crippen LogP contribution in [0.25, 0.3) is 0 Å². The second kappa shape index (κ2) is 6.27. The lowest BCUT2D eigenvalue weighted by molar-refractivity contribution is 0.422. The molecule has 21 heavy (non-hydrogen) atoms. The minimum Gasteiger partial charge on any atom is -0.359 e. The van der Waals surface area contributed by atoms with Gasteiger partial charge in [0, 0.05) is 34.9 Å². The van der Waals surface area contributed by atoms with Gasteiger partial charge < -0.3 is 10.2 Å². The Balaban J connectivity index is 1.96. The molecule has 0 spiro atoms. The number of hydrogen-bond acceptors (Lipinski definition) is 2. The molecule has 1 saturated heterocycles. The zero-order chi connectivity index (χ0) is 14.8. The van der Waals surface area contributed by atoms with Gasteiger partial charge >= 0.3 is 0 Å². The average molecular weight is 321 g/mol.